The first-order valence-electron chi connectivity index (χ1n) is 10.2. The summed E-state index contributed by atoms with van der Waals surface area (Å²) >= 11 is 12.3. The molecule has 7 heteroatoms. The monoisotopic (exact) mass is 438 g/mol. The van der Waals surface area contributed by atoms with Crippen LogP contribution in [0.5, 0.6) is 0 Å². The number of benzene rings is 1. The van der Waals surface area contributed by atoms with Gasteiger partial charge in [-0.15, -0.1) is 0 Å². The van der Waals surface area contributed by atoms with E-state index in [0.717, 1.165) is 24.9 Å². The van der Waals surface area contributed by atoms with E-state index in [1.54, 1.807) is 6.07 Å². The SMILES string of the molecule is CC(C)CCn1cncc1CCN[C@H](C(=O)NCc1cccc(Cl)c1Cl)C(C)C. The molecule has 1 aromatic heterocycles. The lowest BCUT2D eigenvalue weighted by atomic mass is 10.0. The first-order valence-corrected chi connectivity index (χ1v) is 11.0. The van der Waals surface area contributed by atoms with Crippen molar-refractivity contribution < 1.29 is 4.79 Å². The van der Waals surface area contributed by atoms with E-state index in [2.05, 4.69) is 34.0 Å². The van der Waals surface area contributed by atoms with E-state index in [-0.39, 0.29) is 17.9 Å². The molecule has 0 aliphatic heterocycles. The predicted molar refractivity (Wildman–Crippen MR) is 120 cm³/mol. The smallest absolute Gasteiger partial charge is 0.237 e. The van der Waals surface area contributed by atoms with Crippen molar-refractivity contribution in [2.45, 2.75) is 59.7 Å². The Labute approximate surface area is 184 Å². The molecule has 0 saturated carbocycles. The zero-order chi connectivity index (χ0) is 21.4. The number of aromatic nitrogens is 2. The van der Waals surface area contributed by atoms with Crippen molar-refractivity contribution in [2.75, 3.05) is 6.54 Å². The minimum Gasteiger partial charge on any atom is -0.351 e. The molecule has 1 heterocycles. The molecule has 0 radical (unpaired) electrons. The molecule has 1 aromatic carbocycles. The molecule has 0 aliphatic carbocycles. The lowest BCUT2D eigenvalue weighted by molar-refractivity contribution is -0.124. The van der Waals surface area contributed by atoms with E-state index >= 15 is 0 Å². The molecule has 0 unspecified atom stereocenters. The van der Waals surface area contributed by atoms with Gasteiger partial charge in [0, 0.05) is 37.9 Å². The van der Waals surface area contributed by atoms with Gasteiger partial charge < -0.3 is 15.2 Å². The van der Waals surface area contributed by atoms with Crippen molar-refractivity contribution in [1.29, 1.82) is 0 Å². The molecule has 5 nitrogen and oxygen atoms in total. The fourth-order valence-corrected chi connectivity index (χ4v) is 3.51. The molecular weight excluding hydrogens is 407 g/mol. The number of carbonyl (C=O) groups is 1. The molecule has 2 N–H and O–H groups in total. The van der Waals surface area contributed by atoms with Crippen molar-refractivity contribution in [3.63, 3.8) is 0 Å². The van der Waals surface area contributed by atoms with Crippen molar-refractivity contribution >= 4 is 29.1 Å². The van der Waals surface area contributed by atoms with E-state index in [0.29, 0.717) is 29.1 Å². The molecule has 2 rings (SSSR count). The normalized spacial score (nSPS) is 12.6. The lowest BCUT2D eigenvalue weighted by Crippen LogP contribution is -2.47. The quantitative estimate of drug-likeness (QED) is 0.533. The first kappa shape index (κ1) is 23.7. The fourth-order valence-electron chi connectivity index (χ4n) is 3.12. The third-order valence-corrected chi connectivity index (χ3v) is 5.78. The summed E-state index contributed by atoms with van der Waals surface area (Å²) in [5.41, 5.74) is 2.00. The highest BCUT2D eigenvalue weighted by Crippen LogP contribution is 2.25. The van der Waals surface area contributed by atoms with Crippen LogP contribution in [0.1, 0.15) is 45.4 Å². The fraction of sp³-hybridized carbons (Fsp3) is 0.545. The zero-order valence-electron chi connectivity index (χ0n) is 17.7. The molecule has 1 amide bonds. The Hall–Kier alpha value is -1.56. The highest BCUT2D eigenvalue weighted by molar-refractivity contribution is 6.42. The summed E-state index contributed by atoms with van der Waals surface area (Å²) in [4.78, 5) is 17.0. The molecule has 0 aliphatic rings. The van der Waals surface area contributed by atoms with Crippen LogP contribution in [-0.4, -0.2) is 28.0 Å². The van der Waals surface area contributed by atoms with Crippen LogP contribution in [0.3, 0.4) is 0 Å². The van der Waals surface area contributed by atoms with Crippen LogP contribution in [-0.2, 0) is 24.3 Å². The summed E-state index contributed by atoms with van der Waals surface area (Å²) in [5, 5.41) is 7.35. The summed E-state index contributed by atoms with van der Waals surface area (Å²) in [6.45, 7) is 10.6. The molecule has 2 aromatic rings. The molecule has 160 valence electrons. The van der Waals surface area contributed by atoms with Gasteiger partial charge in [0.15, 0.2) is 0 Å². The second kappa shape index (κ2) is 11.6. The summed E-state index contributed by atoms with van der Waals surface area (Å²) < 4.78 is 2.20. The Kier molecular flexibility index (Phi) is 9.47. The van der Waals surface area contributed by atoms with E-state index < -0.39 is 0 Å². The zero-order valence-corrected chi connectivity index (χ0v) is 19.2. The van der Waals surface area contributed by atoms with Crippen LogP contribution >= 0.6 is 23.2 Å². The number of halogens is 2. The molecule has 0 fully saturated rings. The Balaban J connectivity index is 1.87. The van der Waals surface area contributed by atoms with Gasteiger partial charge in [-0.05, 0) is 29.9 Å². The van der Waals surface area contributed by atoms with Crippen LogP contribution in [0, 0.1) is 11.8 Å². The third kappa shape index (κ3) is 7.32. The Morgan fingerprint density at radius 3 is 2.66 bits per heavy atom. The van der Waals surface area contributed by atoms with E-state index in [1.807, 2.05) is 38.5 Å². The molecule has 0 spiro atoms. The number of carbonyl (C=O) groups excluding carboxylic acids is 1. The Morgan fingerprint density at radius 2 is 1.97 bits per heavy atom. The highest BCUT2D eigenvalue weighted by Gasteiger charge is 2.21. The highest BCUT2D eigenvalue weighted by atomic mass is 35.5. The standard InChI is InChI=1S/C22H32Cl2N4O/c1-15(2)9-11-28-14-25-13-18(28)8-10-26-21(16(3)4)22(29)27-12-17-6-5-7-19(23)20(17)24/h5-7,13-16,21,26H,8-12H2,1-4H3,(H,27,29)/t21-/m0/s1. The Morgan fingerprint density at radius 1 is 1.21 bits per heavy atom. The molecule has 0 saturated heterocycles. The summed E-state index contributed by atoms with van der Waals surface area (Å²) in [6, 6.07) is 5.15. The molecule has 1 atom stereocenters. The maximum absolute atomic E-state index is 12.7. The summed E-state index contributed by atoms with van der Waals surface area (Å²) in [7, 11) is 0. The second-order valence-electron chi connectivity index (χ2n) is 8.12. The van der Waals surface area contributed by atoms with E-state index in [9.17, 15) is 4.79 Å². The van der Waals surface area contributed by atoms with Crippen molar-refractivity contribution in [1.82, 2.24) is 20.2 Å². The Bertz CT molecular complexity index is 789. The van der Waals surface area contributed by atoms with Crippen LogP contribution < -0.4 is 10.6 Å². The number of rotatable bonds is 11. The minimum absolute atomic E-state index is 0.0376. The number of hydrogen-bond donors (Lipinski definition) is 2. The number of amides is 1. The van der Waals surface area contributed by atoms with Crippen LogP contribution in [0.25, 0.3) is 0 Å². The van der Waals surface area contributed by atoms with Gasteiger partial charge in [0.25, 0.3) is 0 Å². The largest absolute Gasteiger partial charge is 0.351 e. The number of imidazole rings is 1. The lowest BCUT2D eigenvalue weighted by Gasteiger charge is -2.22. The first-order chi connectivity index (χ1) is 13.8. The predicted octanol–water partition coefficient (Wildman–Crippen LogP) is 4.71. The number of hydrogen-bond acceptors (Lipinski definition) is 3. The van der Waals surface area contributed by atoms with Crippen molar-refractivity contribution in [3.8, 4) is 0 Å². The van der Waals surface area contributed by atoms with Gasteiger partial charge in [-0.3, -0.25) is 4.79 Å². The van der Waals surface area contributed by atoms with Gasteiger partial charge in [0.2, 0.25) is 5.91 Å². The van der Waals surface area contributed by atoms with Crippen LogP contribution in [0.2, 0.25) is 10.0 Å². The van der Waals surface area contributed by atoms with E-state index in [1.165, 1.54) is 5.69 Å². The minimum atomic E-state index is -0.278. The third-order valence-electron chi connectivity index (χ3n) is 4.93. The van der Waals surface area contributed by atoms with Crippen molar-refractivity contribution in [2.24, 2.45) is 11.8 Å². The summed E-state index contributed by atoms with van der Waals surface area (Å²) in [6.07, 6.45) is 5.75. The topological polar surface area (TPSA) is 59.0 Å². The maximum atomic E-state index is 12.7. The van der Waals surface area contributed by atoms with Crippen LogP contribution in [0.4, 0.5) is 0 Å². The molecule has 0 bridgehead atoms. The van der Waals surface area contributed by atoms with E-state index in [4.69, 9.17) is 23.2 Å². The molecular formula is C22H32Cl2N4O. The maximum Gasteiger partial charge on any atom is 0.237 e. The molecule has 29 heavy (non-hydrogen) atoms. The van der Waals surface area contributed by atoms with Gasteiger partial charge in [0.1, 0.15) is 0 Å². The van der Waals surface area contributed by atoms with Crippen LogP contribution in [0.15, 0.2) is 30.7 Å². The number of aryl methyl sites for hydroxylation is 1. The van der Waals surface area contributed by atoms with Gasteiger partial charge in [-0.1, -0.05) is 63.0 Å². The summed E-state index contributed by atoms with van der Waals surface area (Å²) in [5.74, 6) is 0.783. The number of nitrogens with one attached hydrogen (secondary N) is 2. The van der Waals surface area contributed by atoms with Gasteiger partial charge >= 0.3 is 0 Å². The van der Waals surface area contributed by atoms with Gasteiger partial charge in [0.05, 0.1) is 22.4 Å². The van der Waals surface area contributed by atoms with Gasteiger partial charge in [-0.2, -0.15) is 0 Å². The number of nitrogens with zero attached hydrogens (tertiary/aromatic N) is 2. The van der Waals surface area contributed by atoms with Gasteiger partial charge in [-0.25, -0.2) is 4.98 Å². The second-order valence-corrected chi connectivity index (χ2v) is 8.90. The van der Waals surface area contributed by atoms with Crippen molar-refractivity contribution in [3.05, 3.63) is 52.0 Å². The average Bonchev–Trinajstić information content (AvgIpc) is 3.11. The average molecular weight is 439 g/mol.